The lowest BCUT2D eigenvalue weighted by Crippen LogP contribution is -1.75. The maximum absolute atomic E-state index is 5.77. The van der Waals surface area contributed by atoms with Crippen LogP contribution in [0.15, 0.2) is 24.4 Å². The Morgan fingerprint density at radius 2 is 2.15 bits per heavy atom. The molecule has 1 nitrogen and oxygen atoms in total. The molecular formula is C8H4ClNS3. The van der Waals surface area contributed by atoms with E-state index in [2.05, 4.69) is 4.98 Å². The van der Waals surface area contributed by atoms with Gasteiger partial charge in [0.2, 0.25) is 0 Å². The fraction of sp³-hybridized carbons (Fsp3) is 0. The molecule has 0 fully saturated rings. The summed E-state index contributed by atoms with van der Waals surface area (Å²) >= 11 is 10.8. The van der Waals surface area contributed by atoms with E-state index in [0.717, 1.165) is 14.3 Å². The van der Waals surface area contributed by atoms with E-state index >= 15 is 0 Å². The molecule has 2 heterocycles. The first-order valence-electron chi connectivity index (χ1n) is 3.48. The van der Waals surface area contributed by atoms with Crippen LogP contribution in [0.4, 0.5) is 0 Å². The monoisotopic (exact) mass is 245 g/mol. The molecule has 0 bridgehead atoms. The van der Waals surface area contributed by atoms with Crippen LogP contribution < -0.4 is 0 Å². The minimum Gasteiger partial charge on any atom is -0.245 e. The van der Waals surface area contributed by atoms with Gasteiger partial charge in [-0.1, -0.05) is 44.5 Å². The van der Waals surface area contributed by atoms with Crippen molar-refractivity contribution in [3.8, 4) is 10.4 Å². The third kappa shape index (κ3) is 2.14. The van der Waals surface area contributed by atoms with Gasteiger partial charge in [-0.2, -0.15) is 0 Å². The van der Waals surface area contributed by atoms with Crippen molar-refractivity contribution in [3.63, 3.8) is 0 Å². The standard InChI is InChI=1S/C8H4ClNS3/c9-7-3-5(1-2-10-7)6-4-8(11)13-12-6/h1-4H. The molecule has 2 aromatic rings. The number of pyridine rings is 1. The number of aromatic nitrogens is 1. The molecule has 0 aliphatic carbocycles. The van der Waals surface area contributed by atoms with Crippen molar-refractivity contribution in [2.24, 2.45) is 0 Å². The van der Waals surface area contributed by atoms with Gasteiger partial charge in [0.05, 0.1) is 0 Å². The summed E-state index contributed by atoms with van der Waals surface area (Å²) in [6.45, 7) is 0. The number of hydrogen-bond donors (Lipinski definition) is 0. The molecule has 0 aromatic carbocycles. The Balaban J connectivity index is 2.52. The smallest absolute Gasteiger partial charge is 0.129 e. The number of hydrogen-bond acceptors (Lipinski definition) is 4. The molecule has 0 saturated heterocycles. The van der Waals surface area contributed by atoms with Crippen LogP contribution in [0.2, 0.25) is 5.15 Å². The van der Waals surface area contributed by atoms with E-state index in [4.69, 9.17) is 23.8 Å². The van der Waals surface area contributed by atoms with Gasteiger partial charge in [0.15, 0.2) is 0 Å². The third-order valence-corrected chi connectivity index (χ3v) is 4.59. The van der Waals surface area contributed by atoms with Gasteiger partial charge in [0, 0.05) is 11.1 Å². The highest BCUT2D eigenvalue weighted by Crippen LogP contribution is 2.29. The summed E-state index contributed by atoms with van der Waals surface area (Å²) in [5.41, 5.74) is 1.08. The van der Waals surface area contributed by atoms with Crippen molar-refractivity contribution < 1.29 is 0 Å². The van der Waals surface area contributed by atoms with Crippen LogP contribution in [0.1, 0.15) is 0 Å². The van der Waals surface area contributed by atoms with E-state index in [0.29, 0.717) is 5.15 Å². The maximum Gasteiger partial charge on any atom is 0.129 e. The first-order chi connectivity index (χ1) is 6.25. The highest BCUT2D eigenvalue weighted by Gasteiger charge is 2.00. The second-order valence-corrected chi connectivity index (χ2v) is 5.66. The lowest BCUT2D eigenvalue weighted by molar-refractivity contribution is 1.33. The van der Waals surface area contributed by atoms with E-state index in [1.807, 2.05) is 18.2 Å². The molecular weight excluding hydrogens is 242 g/mol. The zero-order valence-electron chi connectivity index (χ0n) is 6.36. The first kappa shape index (κ1) is 9.27. The molecule has 0 spiro atoms. The van der Waals surface area contributed by atoms with E-state index in [9.17, 15) is 0 Å². The van der Waals surface area contributed by atoms with Crippen molar-refractivity contribution in [2.45, 2.75) is 0 Å². The largest absolute Gasteiger partial charge is 0.245 e. The Morgan fingerprint density at radius 1 is 1.31 bits per heavy atom. The second-order valence-electron chi connectivity index (χ2n) is 2.36. The topological polar surface area (TPSA) is 12.9 Å². The van der Waals surface area contributed by atoms with E-state index in [-0.39, 0.29) is 0 Å². The summed E-state index contributed by atoms with van der Waals surface area (Å²) in [5, 5.41) is 0.516. The first-order valence-corrected chi connectivity index (χ1v) is 6.41. The van der Waals surface area contributed by atoms with Crippen molar-refractivity contribution in [1.82, 2.24) is 4.98 Å². The van der Waals surface area contributed by atoms with Crippen LogP contribution in [-0.2, 0) is 0 Å². The fourth-order valence-corrected chi connectivity index (χ4v) is 3.50. The van der Waals surface area contributed by atoms with E-state index < -0.39 is 0 Å². The minimum absolute atomic E-state index is 0.516. The molecule has 13 heavy (non-hydrogen) atoms. The Kier molecular flexibility index (Phi) is 2.74. The Hall–Kier alpha value is -0.290. The van der Waals surface area contributed by atoms with Crippen LogP contribution in [0.3, 0.4) is 0 Å². The predicted octanol–water partition coefficient (Wildman–Crippen LogP) is 4.25. The number of rotatable bonds is 1. The predicted molar refractivity (Wildman–Crippen MR) is 61.3 cm³/mol. The molecule has 0 saturated carbocycles. The number of nitrogens with zero attached hydrogens (tertiary/aromatic N) is 1. The summed E-state index contributed by atoms with van der Waals surface area (Å²) in [7, 11) is 3.26. The lowest BCUT2D eigenvalue weighted by atomic mass is 10.2. The molecule has 0 radical (unpaired) electrons. The van der Waals surface area contributed by atoms with Gasteiger partial charge in [-0.15, -0.1) is 0 Å². The van der Waals surface area contributed by atoms with Crippen LogP contribution in [0.25, 0.3) is 10.4 Å². The van der Waals surface area contributed by atoms with Crippen LogP contribution >= 0.6 is 44.5 Å². The SMILES string of the molecule is S=c1cc(-c2ccnc(Cl)c2)ss1. The quantitative estimate of drug-likeness (QED) is 0.423. The molecule has 0 aliphatic rings. The van der Waals surface area contributed by atoms with Gasteiger partial charge in [0.1, 0.15) is 8.98 Å². The Labute approximate surface area is 93.0 Å². The van der Waals surface area contributed by atoms with Crippen LogP contribution in [0, 0.1) is 3.82 Å². The van der Waals surface area contributed by atoms with Crippen molar-refractivity contribution in [1.29, 1.82) is 0 Å². The lowest BCUT2D eigenvalue weighted by Gasteiger charge is -1.94. The average molecular weight is 246 g/mol. The zero-order chi connectivity index (χ0) is 9.26. The van der Waals surface area contributed by atoms with E-state index in [1.165, 1.54) is 0 Å². The maximum atomic E-state index is 5.77. The summed E-state index contributed by atoms with van der Waals surface area (Å²) in [6.07, 6.45) is 1.70. The van der Waals surface area contributed by atoms with Crippen LogP contribution in [-0.4, -0.2) is 4.98 Å². The highest BCUT2D eigenvalue weighted by molar-refractivity contribution is 7.80. The van der Waals surface area contributed by atoms with Crippen molar-refractivity contribution in [3.05, 3.63) is 33.4 Å². The molecule has 2 aromatic heterocycles. The van der Waals surface area contributed by atoms with E-state index in [1.54, 1.807) is 26.9 Å². The van der Waals surface area contributed by atoms with Gasteiger partial charge in [-0.05, 0) is 23.8 Å². The molecule has 0 unspecified atom stereocenters. The van der Waals surface area contributed by atoms with Gasteiger partial charge in [0.25, 0.3) is 0 Å². The fourth-order valence-electron chi connectivity index (χ4n) is 0.928. The summed E-state index contributed by atoms with van der Waals surface area (Å²) in [5.74, 6) is 0. The molecule has 2 rings (SSSR count). The van der Waals surface area contributed by atoms with Crippen LogP contribution in [0.5, 0.6) is 0 Å². The average Bonchev–Trinajstić information content (AvgIpc) is 2.52. The molecule has 5 heteroatoms. The minimum atomic E-state index is 0.516. The zero-order valence-corrected chi connectivity index (χ0v) is 9.56. The summed E-state index contributed by atoms with van der Waals surface area (Å²) < 4.78 is 0.910. The molecule has 0 aliphatic heterocycles. The normalized spacial score (nSPS) is 10.2. The van der Waals surface area contributed by atoms with Gasteiger partial charge in [-0.3, -0.25) is 0 Å². The van der Waals surface area contributed by atoms with Crippen molar-refractivity contribution in [2.75, 3.05) is 0 Å². The summed E-state index contributed by atoms with van der Waals surface area (Å²) in [4.78, 5) is 5.07. The molecule has 0 N–H and O–H groups in total. The van der Waals surface area contributed by atoms with Gasteiger partial charge >= 0.3 is 0 Å². The van der Waals surface area contributed by atoms with Crippen molar-refractivity contribution >= 4 is 44.5 Å². The highest BCUT2D eigenvalue weighted by atomic mass is 35.5. The Morgan fingerprint density at radius 3 is 2.77 bits per heavy atom. The van der Waals surface area contributed by atoms with Gasteiger partial charge in [-0.25, -0.2) is 4.98 Å². The second kappa shape index (κ2) is 3.84. The summed E-state index contributed by atoms with van der Waals surface area (Å²) in [6, 6.07) is 5.75. The van der Waals surface area contributed by atoms with Gasteiger partial charge < -0.3 is 0 Å². The molecule has 0 amide bonds. The molecule has 66 valence electrons. The molecule has 0 atom stereocenters. The Bertz CT molecular complexity index is 474. The number of halogens is 1. The third-order valence-electron chi connectivity index (χ3n) is 1.47.